The van der Waals surface area contributed by atoms with Crippen LogP contribution in [0.15, 0.2) is 12.2 Å². The van der Waals surface area contributed by atoms with E-state index in [9.17, 15) is 5.11 Å². The van der Waals surface area contributed by atoms with Gasteiger partial charge in [-0.25, -0.2) is 0 Å². The van der Waals surface area contributed by atoms with Gasteiger partial charge in [-0.15, -0.1) is 0 Å². The minimum Gasteiger partial charge on any atom is -0.381 e. The maximum Gasteiger partial charge on any atom is 0.129 e. The van der Waals surface area contributed by atoms with Crippen LogP contribution in [0.1, 0.15) is 6.92 Å². The summed E-state index contributed by atoms with van der Waals surface area (Å²) in [6, 6.07) is 0. The first-order chi connectivity index (χ1) is 3.77. The van der Waals surface area contributed by atoms with Crippen LogP contribution >= 0.6 is 0 Å². The Hall–Kier alpha value is -0.340. The van der Waals surface area contributed by atoms with Gasteiger partial charge in [0.25, 0.3) is 0 Å². The van der Waals surface area contributed by atoms with Crippen molar-refractivity contribution in [2.45, 2.75) is 12.5 Å². The molecule has 1 heterocycles. The number of ether oxygens (including phenoxy) is 1. The Labute approximate surface area is 48.8 Å². The second-order valence-electron chi connectivity index (χ2n) is 2.10. The number of aliphatic hydroxyl groups is 1. The van der Waals surface area contributed by atoms with E-state index < -0.39 is 5.60 Å². The number of rotatable bonds is 1. The molecule has 0 radical (unpaired) electrons. The predicted octanol–water partition coefficient (Wildman–Crippen LogP) is 0.324. The lowest BCUT2D eigenvalue weighted by Crippen LogP contribution is -2.47. The van der Waals surface area contributed by atoms with Gasteiger partial charge >= 0.3 is 0 Å². The number of hydrogen-bond donors (Lipinski definition) is 1. The van der Waals surface area contributed by atoms with Crippen molar-refractivity contribution in [1.82, 2.24) is 0 Å². The first-order valence-electron chi connectivity index (χ1n) is 2.71. The molecule has 0 bridgehead atoms. The van der Waals surface area contributed by atoms with E-state index in [1.807, 2.05) is 13.0 Å². The highest BCUT2D eigenvalue weighted by atomic mass is 16.5. The highest BCUT2D eigenvalue weighted by molar-refractivity contribution is 5.03. The first-order valence-corrected chi connectivity index (χ1v) is 2.71. The molecule has 0 aromatic rings. The Morgan fingerprint density at radius 2 is 2.25 bits per heavy atom. The molecule has 2 nitrogen and oxygen atoms in total. The van der Waals surface area contributed by atoms with Crippen LogP contribution < -0.4 is 0 Å². The summed E-state index contributed by atoms with van der Waals surface area (Å²) >= 11 is 0. The summed E-state index contributed by atoms with van der Waals surface area (Å²) in [5.41, 5.74) is -0.630. The van der Waals surface area contributed by atoms with Crippen LogP contribution in [0.3, 0.4) is 0 Å². The van der Waals surface area contributed by atoms with Gasteiger partial charge in [-0.05, 0) is 6.92 Å². The van der Waals surface area contributed by atoms with Gasteiger partial charge in [-0.1, -0.05) is 12.2 Å². The maximum absolute atomic E-state index is 9.20. The average molecular weight is 114 g/mol. The summed E-state index contributed by atoms with van der Waals surface area (Å²) in [6.07, 6.45) is 3.60. The van der Waals surface area contributed by atoms with Crippen LogP contribution in [0.2, 0.25) is 0 Å². The smallest absolute Gasteiger partial charge is 0.129 e. The Morgan fingerprint density at radius 1 is 1.62 bits per heavy atom. The fourth-order valence-electron chi connectivity index (χ4n) is 0.718. The Kier molecular flexibility index (Phi) is 1.36. The normalized spacial score (nSPS) is 25.8. The first kappa shape index (κ1) is 5.79. The van der Waals surface area contributed by atoms with Gasteiger partial charge in [0.1, 0.15) is 5.60 Å². The molecule has 0 atom stereocenters. The van der Waals surface area contributed by atoms with Crippen molar-refractivity contribution >= 4 is 0 Å². The standard InChI is InChI=1S/C6H10O2/c1-2-3-6(7)4-8-5-6/h2-3,7H,4-5H2,1H3/b3-2+. The molecule has 1 aliphatic rings. The molecule has 46 valence electrons. The topological polar surface area (TPSA) is 29.5 Å². The van der Waals surface area contributed by atoms with Crippen LogP contribution in [-0.4, -0.2) is 23.9 Å². The summed E-state index contributed by atoms with van der Waals surface area (Å²) in [6.45, 7) is 2.80. The van der Waals surface area contributed by atoms with E-state index in [1.165, 1.54) is 0 Å². The van der Waals surface area contributed by atoms with E-state index in [4.69, 9.17) is 4.74 Å². The summed E-state index contributed by atoms with van der Waals surface area (Å²) < 4.78 is 4.79. The van der Waals surface area contributed by atoms with Crippen LogP contribution in [-0.2, 0) is 4.74 Å². The quantitative estimate of drug-likeness (QED) is 0.497. The lowest BCUT2D eigenvalue weighted by atomic mass is 10.0. The zero-order valence-electron chi connectivity index (χ0n) is 4.92. The lowest BCUT2D eigenvalue weighted by molar-refractivity contribution is -0.147. The van der Waals surface area contributed by atoms with Crippen molar-refractivity contribution in [1.29, 1.82) is 0 Å². The molecule has 1 aliphatic heterocycles. The summed E-state index contributed by atoms with van der Waals surface area (Å²) in [4.78, 5) is 0. The predicted molar refractivity (Wildman–Crippen MR) is 30.6 cm³/mol. The van der Waals surface area contributed by atoms with Gasteiger partial charge in [-0.2, -0.15) is 0 Å². The van der Waals surface area contributed by atoms with Gasteiger partial charge in [0, 0.05) is 0 Å². The molecule has 0 amide bonds. The minimum atomic E-state index is -0.630. The van der Waals surface area contributed by atoms with Crippen molar-refractivity contribution in [2.24, 2.45) is 0 Å². The van der Waals surface area contributed by atoms with Crippen LogP contribution in [0.5, 0.6) is 0 Å². The van der Waals surface area contributed by atoms with Crippen molar-refractivity contribution in [2.75, 3.05) is 13.2 Å². The second-order valence-corrected chi connectivity index (χ2v) is 2.10. The lowest BCUT2D eigenvalue weighted by Gasteiger charge is -2.33. The highest BCUT2D eigenvalue weighted by Gasteiger charge is 2.32. The van der Waals surface area contributed by atoms with E-state index >= 15 is 0 Å². The highest BCUT2D eigenvalue weighted by Crippen LogP contribution is 2.16. The van der Waals surface area contributed by atoms with E-state index in [0.29, 0.717) is 13.2 Å². The molecule has 1 saturated heterocycles. The van der Waals surface area contributed by atoms with Gasteiger partial charge in [0.2, 0.25) is 0 Å². The zero-order valence-corrected chi connectivity index (χ0v) is 4.92. The van der Waals surface area contributed by atoms with Crippen LogP contribution in [0, 0.1) is 0 Å². The van der Waals surface area contributed by atoms with Crippen LogP contribution in [0.4, 0.5) is 0 Å². The SMILES string of the molecule is C/C=C/C1(O)COC1. The summed E-state index contributed by atoms with van der Waals surface area (Å²) in [5, 5.41) is 9.20. The van der Waals surface area contributed by atoms with E-state index in [0.717, 1.165) is 0 Å². The van der Waals surface area contributed by atoms with E-state index in [-0.39, 0.29) is 0 Å². The summed E-state index contributed by atoms with van der Waals surface area (Å²) in [7, 11) is 0. The van der Waals surface area contributed by atoms with Gasteiger partial charge in [-0.3, -0.25) is 0 Å². The van der Waals surface area contributed by atoms with E-state index in [2.05, 4.69) is 0 Å². The molecule has 1 N–H and O–H groups in total. The van der Waals surface area contributed by atoms with Crippen molar-refractivity contribution in [3.8, 4) is 0 Å². The molecule has 1 fully saturated rings. The van der Waals surface area contributed by atoms with Crippen molar-refractivity contribution < 1.29 is 9.84 Å². The molecular weight excluding hydrogens is 104 g/mol. The average Bonchev–Trinajstić information content (AvgIpc) is 1.64. The van der Waals surface area contributed by atoms with Gasteiger partial charge < -0.3 is 9.84 Å². The molecule has 0 aliphatic carbocycles. The molecule has 0 spiro atoms. The van der Waals surface area contributed by atoms with Crippen molar-refractivity contribution in [3.63, 3.8) is 0 Å². The summed E-state index contributed by atoms with van der Waals surface area (Å²) in [5.74, 6) is 0. The molecule has 0 aromatic carbocycles. The Bertz CT molecular complexity index is 103. The second kappa shape index (κ2) is 1.88. The maximum atomic E-state index is 9.20. The molecular formula is C6H10O2. The Balaban J connectivity index is 2.41. The molecule has 0 saturated carbocycles. The zero-order chi connectivity index (χ0) is 6.04. The van der Waals surface area contributed by atoms with Gasteiger partial charge in [0.05, 0.1) is 13.2 Å². The fourth-order valence-corrected chi connectivity index (χ4v) is 0.718. The minimum absolute atomic E-state index is 0.456. The van der Waals surface area contributed by atoms with Crippen LogP contribution in [0.25, 0.3) is 0 Å². The third kappa shape index (κ3) is 0.904. The molecule has 0 aromatic heterocycles. The Morgan fingerprint density at radius 3 is 2.38 bits per heavy atom. The van der Waals surface area contributed by atoms with Gasteiger partial charge in [0.15, 0.2) is 0 Å². The molecule has 2 heteroatoms. The van der Waals surface area contributed by atoms with E-state index in [1.54, 1.807) is 6.08 Å². The monoisotopic (exact) mass is 114 g/mol. The number of allylic oxidation sites excluding steroid dienone is 1. The molecule has 8 heavy (non-hydrogen) atoms. The third-order valence-corrected chi connectivity index (χ3v) is 1.18. The fraction of sp³-hybridized carbons (Fsp3) is 0.667. The third-order valence-electron chi connectivity index (χ3n) is 1.18. The largest absolute Gasteiger partial charge is 0.381 e. The number of hydrogen-bond acceptors (Lipinski definition) is 2. The molecule has 1 rings (SSSR count). The molecule has 0 unspecified atom stereocenters. The van der Waals surface area contributed by atoms with Crippen molar-refractivity contribution in [3.05, 3.63) is 12.2 Å².